The summed E-state index contributed by atoms with van der Waals surface area (Å²) in [5, 5.41) is 11.3. The highest BCUT2D eigenvalue weighted by Crippen LogP contribution is 2.17. The maximum atomic E-state index is 12.5. The lowest BCUT2D eigenvalue weighted by molar-refractivity contribution is -0.384. The van der Waals surface area contributed by atoms with Gasteiger partial charge in [0.25, 0.3) is 11.6 Å². The molecule has 1 aromatic carbocycles. The minimum atomic E-state index is -0.467. The Kier molecular flexibility index (Phi) is 6.64. The van der Waals surface area contributed by atoms with Crippen LogP contribution in [0.1, 0.15) is 37.0 Å². The van der Waals surface area contributed by atoms with E-state index in [1.807, 2.05) is 4.90 Å². The van der Waals surface area contributed by atoms with Gasteiger partial charge in [-0.05, 0) is 25.0 Å². The Morgan fingerprint density at radius 2 is 1.85 bits per heavy atom. The fraction of sp³-hybridized carbons (Fsp3) is 0.500. The molecule has 0 saturated carbocycles. The van der Waals surface area contributed by atoms with Crippen molar-refractivity contribution in [2.24, 2.45) is 0 Å². The number of rotatable bonds is 7. The van der Waals surface area contributed by atoms with Crippen LogP contribution >= 0.6 is 15.9 Å². The maximum Gasteiger partial charge on any atom is 0.269 e. The number of carbonyl (C=O) groups excluding carboxylic acids is 1. The largest absolute Gasteiger partial charge is 0.335 e. The summed E-state index contributed by atoms with van der Waals surface area (Å²) in [4.78, 5) is 24.5. The molecule has 5 nitrogen and oxygen atoms in total. The molecule has 110 valence electrons. The summed E-state index contributed by atoms with van der Waals surface area (Å²) in [6.07, 6.45) is 1.78. The standard InChI is InChI=1S/C14H19BrN2O3/c1-3-12(4-2)16(10-9-15)14(18)11-5-7-13(8-6-11)17(19)20/h5-8,12H,3-4,9-10H2,1-2H3. The van der Waals surface area contributed by atoms with Crippen molar-refractivity contribution in [3.63, 3.8) is 0 Å². The highest BCUT2D eigenvalue weighted by atomic mass is 79.9. The topological polar surface area (TPSA) is 63.5 Å². The van der Waals surface area contributed by atoms with Crippen LogP contribution in [0.5, 0.6) is 0 Å². The summed E-state index contributed by atoms with van der Waals surface area (Å²) in [5.74, 6) is -0.0759. The molecular formula is C14H19BrN2O3. The lowest BCUT2D eigenvalue weighted by Crippen LogP contribution is -2.41. The monoisotopic (exact) mass is 342 g/mol. The normalized spacial score (nSPS) is 10.6. The van der Waals surface area contributed by atoms with Crippen molar-refractivity contribution in [2.75, 3.05) is 11.9 Å². The van der Waals surface area contributed by atoms with Gasteiger partial charge in [0.15, 0.2) is 0 Å². The number of nitro groups is 1. The third kappa shape index (κ3) is 4.03. The average Bonchev–Trinajstić information content (AvgIpc) is 2.47. The molecule has 6 heteroatoms. The van der Waals surface area contributed by atoms with Crippen molar-refractivity contribution in [1.82, 2.24) is 4.90 Å². The molecule has 1 rings (SSSR count). The molecule has 0 aliphatic carbocycles. The summed E-state index contributed by atoms with van der Waals surface area (Å²) in [6.45, 7) is 4.74. The molecule has 0 aliphatic heterocycles. The number of carbonyl (C=O) groups is 1. The van der Waals surface area contributed by atoms with Gasteiger partial charge in [-0.3, -0.25) is 14.9 Å². The van der Waals surface area contributed by atoms with Crippen LogP contribution in [-0.4, -0.2) is 33.6 Å². The fourth-order valence-electron chi connectivity index (χ4n) is 2.16. The van der Waals surface area contributed by atoms with Gasteiger partial charge in [0.05, 0.1) is 4.92 Å². The molecule has 20 heavy (non-hydrogen) atoms. The summed E-state index contributed by atoms with van der Waals surface area (Å²) in [5.41, 5.74) is 0.486. The first kappa shape index (κ1) is 16.6. The minimum absolute atomic E-state index is 0.00359. The van der Waals surface area contributed by atoms with E-state index in [4.69, 9.17) is 0 Å². The molecule has 0 fully saturated rings. The van der Waals surface area contributed by atoms with Gasteiger partial charge in [-0.1, -0.05) is 29.8 Å². The SMILES string of the molecule is CCC(CC)N(CCBr)C(=O)c1ccc([N+](=O)[O-])cc1. The second-order valence-corrected chi connectivity index (χ2v) is 5.25. The molecule has 0 bridgehead atoms. The first-order valence-corrected chi connectivity index (χ1v) is 7.78. The highest BCUT2D eigenvalue weighted by molar-refractivity contribution is 9.09. The van der Waals surface area contributed by atoms with E-state index >= 15 is 0 Å². The number of nitro benzene ring substituents is 1. The van der Waals surface area contributed by atoms with Gasteiger partial charge in [-0.25, -0.2) is 0 Å². The zero-order valence-electron chi connectivity index (χ0n) is 11.7. The predicted octanol–water partition coefficient (Wildman–Crippen LogP) is 3.62. The van der Waals surface area contributed by atoms with Crippen LogP contribution in [0.3, 0.4) is 0 Å². The van der Waals surface area contributed by atoms with Crippen LogP contribution in [0.25, 0.3) is 0 Å². The Labute approximate surface area is 127 Å². The Balaban J connectivity index is 2.96. The molecule has 1 aromatic rings. The van der Waals surface area contributed by atoms with Crippen LogP contribution in [-0.2, 0) is 0 Å². The highest BCUT2D eigenvalue weighted by Gasteiger charge is 2.22. The second-order valence-electron chi connectivity index (χ2n) is 4.46. The quantitative estimate of drug-likeness (QED) is 0.431. The number of hydrogen-bond acceptors (Lipinski definition) is 3. The van der Waals surface area contributed by atoms with Crippen molar-refractivity contribution in [2.45, 2.75) is 32.7 Å². The second kappa shape index (κ2) is 7.99. The molecule has 0 unspecified atom stereocenters. The van der Waals surface area contributed by atoms with Crippen LogP contribution in [0.15, 0.2) is 24.3 Å². The predicted molar refractivity (Wildman–Crippen MR) is 82.3 cm³/mol. The molecule has 1 amide bonds. The van der Waals surface area contributed by atoms with Crippen LogP contribution in [0.4, 0.5) is 5.69 Å². The molecule has 0 N–H and O–H groups in total. The molecule has 0 saturated heterocycles. The summed E-state index contributed by atoms with van der Waals surface area (Å²) >= 11 is 3.37. The molecule has 0 spiro atoms. The van der Waals surface area contributed by atoms with Gasteiger partial charge >= 0.3 is 0 Å². The fourth-order valence-corrected chi connectivity index (χ4v) is 2.54. The van der Waals surface area contributed by atoms with Gasteiger partial charge < -0.3 is 4.90 Å². The molecule has 0 heterocycles. The molecule has 0 atom stereocenters. The maximum absolute atomic E-state index is 12.5. The number of amides is 1. The van der Waals surface area contributed by atoms with Crippen molar-refractivity contribution < 1.29 is 9.72 Å². The molecular weight excluding hydrogens is 324 g/mol. The number of benzene rings is 1. The van der Waals surface area contributed by atoms with E-state index in [0.717, 1.165) is 12.8 Å². The van der Waals surface area contributed by atoms with E-state index < -0.39 is 4.92 Å². The summed E-state index contributed by atoms with van der Waals surface area (Å²) in [7, 11) is 0. The van der Waals surface area contributed by atoms with Crippen molar-refractivity contribution in [3.8, 4) is 0 Å². The number of halogens is 1. The lowest BCUT2D eigenvalue weighted by atomic mass is 10.1. The van der Waals surface area contributed by atoms with E-state index in [2.05, 4.69) is 29.8 Å². The third-order valence-electron chi connectivity index (χ3n) is 3.29. The van der Waals surface area contributed by atoms with E-state index in [1.54, 1.807) is 0 Å². The van der Waals surface area contributed by atoms with Crippen molar-refractivity contribution in [1.29, 1.82) is 0 Å². The average molecular weight is 343 g/mol. The first-order chi connectivity index (χ1) is 9.54. The van der Waals surface area contributed by atoms with Gasteiger partial charge in [0.1, 0.15) is 0 Å². The first-order valence-electron chi connectivity index (χ1n) is 6.66. The number of non-ortho nitro benzene ring substituents is 1. The van der Waals surface area contributed by atoms with Gasteiger partial charge in [-0.2, -0.15) is 0 Å². The van der Waals surface area contributed by atoms with Crippen LogP contribution in [0.2, 0.25) is 0 Å². The molecule has 0 aliphatic rings. The van der Waals surface area contributed by atoms with E-state index in [0.29, 0.717) is 17.4 Å². The Hall–Kier alpha value is -1.43. The van der Waals surface area contributed by atoms with Gasteiger partial charge in [-0.15, -0.1) is 0 Å². The Bertz CT molecular complexity index is 458. The zero-order chi connectivity index (χ0) is 15.1. The Morgan fingerprint density at radius 1 is 1.30 bits per heavy atom. The lowest BCUT2D eigenvalue weighted by Gasteiger charge is -2.30. The van der Waals surface area contributed by atoms with E-state index in [9.17, 15) is 14.9 Å². The summed E-state index contributed by atoms with van der Waals surface area (Å²) < 4.78 is 0. The third-order valence-corrected chi connectivity index (χ3v) is 3.65. The molecule has 0 aromatic heterocycles. The number of hydrogen-bond donors (Lipinski definition) is 0. The van der Waals surface area contributed by atoms with Gasteiger partial charge in [0, 0.05) is 35.6 Å². The zero-order valence-corrected chi connectivity index (χ0v) is 13.3. The van der Waals surface area contributed by atoms with Crippen LogP contribution in [0, 0.1) is 10.1 Å². The molecule has 0 radical (unpaired) electrons. The minimum Gasteiger partial charge on any atom is -0.335 e. The van der Waals surface area contributed by atoms with Gasteiger partial charge in [0.2, 0.25) is 0 Å². The van der Waals surface area contributed by atoms with Crippen LogP contribution < -0.4 is 0 Å². The van der Waals surface area contributed by atoms with Crippen molar-refractivity contribution in [3.05, 3.63) is 39.9 Å². The Morgan fingerprint density at radius 3 is 2.25 bits per heavy atom. The van der Waals surface area contributed by atoms with Crippen molar-refractivity contribution >= 4 is 27.5 Å². The smallest absolute Gasteiger partial charge is 0.269 e. The van der Waals surface area contributed by atoms with E-state index in [-0.39, 0.29) is 17.6 Å². The number of nitrogens with zero attached hydrogens (tertiary/aromatic N) is 2. The summed E-state index contributed by atoms with van der Waals surface area (Å²) in [6, 6.07) is 5.96. The van der Waals surface area contributed by atoms with E-state index in [1.165, 1.54) is 24.3 Å². The number of alkyl halides is 1.